The van der Waals surface area contributed by atoms with Gasteiger partial charge in [-0.1, -0.05) is 6.42 Å². The number of nitrogens with one attached hydrogen (secondary N) is 2. The predicted molar refractivity (Wildman–Crippen MR) is 107 cm³/mol. The quantitative estimate of drug-likeness (QED) is 0.273. The molecule has 0 aliphatic carbocycles. The van der Waals surface area contributed by atoms with E-state index in [1.807, 2.05) is 0 Å². The van der Waals surface area contributed by atoms with Gasteiger partial charge in [0.1, 0.15) is 11.6 Å². The van der Waals surface area contributed by atoms with Gasteiger partial charge in [-0.25, -0.2) is 0 Å². The fourth-order valence-electron chi connectivity index (χ4n) is 2.83. The molecule has 0 saturated carbocycles. The van der Waals surface area contributed by atoms with Crippen molar-refractivity contribution in [1.29, 1.82) is 0 Å². The minimum Gasteiger partial charge on any atom is -0.385 e. The Balaban J connectivity index is 0.00000288. The van der Waals surface area contributed by atoms with Crippen molar-refractivity contribution in [2.45, 2.75) is 51.5 Å². The maximum absolute atomic E-state index is 5.04. The lowest BCUT2D eigenvalue weighted by atomic mass is 10.2. The van der Waals surface area contributed by atoms with E-state index in [1.54, 1.807) is 14.2 Å². The zero-order valence-electron chi connectivity index (χ0n) is 14.9. The second kappa shape index (κ2) is 12.5. The number of fused-ring (bicyclic) bond motifs is 1. The third-order valence-electron chi connectivity index (χ3n) is 4.10. The molecule has 138 valence electrons. The molecule has 8 heteroatoms. The van der Waals surface area contributed by atoms with E-state index in [1.165, 1.54) is 25.1 Å². The van der Waals surface area contributed by atoms with E-state index in [4.69, 9.17) is 4.74 Å². The van der Waals surface area contributed by atoms with Gasteiger partial charge in [0.2, 0.25) is 0 Å². The van der Waals surface area contributed by atoms with Gasteiger partial charge in [0.05, 0.1) is 0 Å². The molecule has 24 heavy (non-hydrogen) atoms. The minimum atomic E-state index is 0. The Morgan fingerprint density at radius 1 is 1.17 bits per heavy atom. The Hall–Kier alpha value is -0.900. The Bertz CT molecular complexity index is 491. The number of aryl methyl sites for hydroxylation is 2. The molecule has 0 fully saturated rings. The van der Waals surface area contributed by atoms with Crippen LogP contribution in [0.2, 0.25) is 0 Å². The number of methoxy groups -OCH3 is 1. The largest absolute Gasteiger partial charge is 0.385 e. The smallest absolute Gasteiger partial charge is 0.190 e. The maximum atomic E-state index is 5.04. The number of aromatic nitrogens is 3. The number of guanidine groups is 1. The number of halogens is 1. The van der Waals surface area contributed by atoms with Crippen LogP contribution in [0.15, 0.2) is 4.99 Å². The molecule has 0 atom stereocenters. The van der Waals surface area contributed by atoms with E-state index in [-0.39, 0.29) is 24.0 Å². The first-order chi connectivity index (χ1) is 11.3. The van der Waals surface area contributed by atoms with Crippen molar-refractivity contribution in [3.05, 3.63) is 11.6 Å². The third-order valence-corrected chi connectivity index (χ3v) is 4.10. The van der Waals surface area contributed by atoms with Gasteiger partial charge < -0.3 is 19.9 Å². The lowest BCUT2D eigenvalue weighted by Gasteiger charge is -2.12. The van der Waals surface area contributed by atoms with Gasteiger partial charge >= 0.3 is 0 Å². The van der Waals surface area contributed by atoms with Gasteiger partial charge in [0, 0.05) is 53.2 Å². The van der Waals surface area contributed by atoms with E-state index < -0.39 is 0 Å². The summed E-state index contributed by atoms with van der Waals surface area (Å²) in [5.74, 6) is 3.15. The van der Waals surface area contributed by atoms with E-state index in [2.05, 4.69) is 30.4 Å². The van der Waals surface area contributed by atoms with E-state index >= 15 is 0 Å². The maximum Gasteiger partial charge on any atom is 0.190 e. The molecule has 1 aliphatic rings. The lowest BCUT2D eigenvalue weighted by Crippen LogP contribution is -2.38. The Morgan fingerprint density at radius 3 is 2.71 bits per heavy atom. The van der Waals surface area contributed by atoms with Crippen LogP contribution in [0.3, 0.4) is 0 Å². The predicted octanol–water partition coefficient (Wildman–Crippen LogP) is 1.76. The fourth-order valence-corrected chi connectivity index (χ4v) is 2.83. The highest BCUT2D eigenvalue weighted by molar-refractivity contribution is 14.0. The summed E-state index contributed by atoms with van der Waals surface area (Å²) >= 11 is 0. The highest BCUT2D eigenvalue weighted by Gasteiger charge is 2.14. The molecule has 0 saturated heterocycles. The first-order valence-electron chi connectivity index (χ1n) is 8.69. The van der Waals surface area contributed by atoms with E-state index in [9.17, 15) is 0 Å². The molecular weight excluding hydrogens is 419 g/mol. The molecule has 1 aliphatic heterocycles. The van der Waals surface area contributed by atoms with Crippen LogP contribution in [0.5, 0.6) is 0 Å². The van der Waals surface area contributed by atoms with Gasteiger partial charge in [-0.2, -0.15) is 0 Å². The molecule has 1 aromatic heterocycles. The standard InChI is InChI=1S/C16H30N6O.HI/c1-17-16(19-11-7-13-23-2)18-10-6-9-15-21-20-14-8-4-3-5-12-22(14)15;/h3-13H2,1-2H3,(H2,17,18,19);1H. The summed E-state index contributed by atoms with van der Waals surface area (Å²) in [5.41, 5.74) is 0. The Labute approximate surface area is 162 Å². The molecule has 0 amide bonds. The number of hydrogen-bond donors (Lipinski definition) is 2. The normalized spacial score (nSPS) is 14.5. The second-order valence-corrected chi connectivity index (χ2v) is 5.87. The summed E-state index contributed by atoms with van der Waals surface area (Å²) in [5, 5.41) is 15.3. The highest BCUT2D eigenvalue weighted by atomic mass is 127. The van der Waals surface area contributed by atoms with Gasteiger partial charge in [-0.3, -0.25) is 4.99 Å². The zero-order chi connectivity index (χ0) is 16.3. The highest BCUT2D eigenvalue weighted by Crippen LogP contribution is 2.15. The van der Waals surface area contributed by atoms with Crippen LogP contribution in [-0.4, -0.2) is 54.6 Å². The molecular formula is C16H31IN6O. The number of nitrogens with zero attached hydrogens (tertiary/aromatic N) is 4. The van der Waals surface area contributed by atoms with Crippen molar-refractivity contribution in [2.24, 2.45) is 4.99 Å². The Morgan fingerprint density at radius 2 is 1.96 bits per heavy atom. The monoisotopic (exact) mass is 450 g/mol. The van der Waals surface area contributed by atoms with E-state index in [0.29, 0.717) is 0 Å². The number of rotatable bonds is 8. The van der Waals surface area contributed by atoms with Crippen molar-refractivity contribution < 1.29 is 4.74 Å². The van der Waals surface area contributed by atoms with E-state index in [0.717, 1.165) is 63.7 Å². The SMILES string of the molecule is CN=C(NCCCOC)NCCCc1nnc2n1CCCCC2.I. The summed E-state index contributed by atoms with van der Waals surface area (Å²) in [6.07, 6.45) is 7.82. The van der Waals surface area contributed by atoms with Gasteiger partial charge in [-0.15, -0.1) is 34.2 Å². The fraction of sp³-hybridized carbons (Fsp3) is 0.812. The average Bonchev–Trinajstić information content (AvgIpc) is 2.80. The number of hydrogen-bond acceptors (Lipinski definition) is 4. The summed E-state index contributed by atoms with van der Waals surface area (Å²) in [6.45, 7) is 3.59. The van der Waals surface area contributed by atoms with Gasteiger partial charge in [0.15, 0.2) is 5.96 Å². The molecule has 0 radical (unpaired) electrons. The number of ether oxygens (including phenoxy) is 1. The van der Waals surface area contributed by atoms with Crippen LogP contribution in [0, 0.1) is 0 Å². The molecule has 0 unspecified atom stereocenters. The van der Waals surface area contributed by atoms with Crippen LogP contribution >= 0.6 is 24.0 Å². The summed E-state index contributed by atoms with van der Waals surface area (Å²) < 4.78 is 7.36. The second-order valence-electron chi connectivity index (χ2n) is 5.87. The zero-order valence-corrected chi connectivity index (χ0v) is 17.2. The van der Waals surface area contributed by atoms with Crippen LogP contribution in [0.25, 0.3) is 0 Å². The van der Waals surface area contributed by atoms with Crippen molar-refractivity contribution in [3.63, 3.8) is 0 Å². The first-order valence-corrected chi connectivity index (χ1v) is 8.69. The van der Waals surface area contributed by atoms with Crippen molar-refractivity contribution in [1.82, 2.24) is 25.4 Å². The van der Waals surface area contributed by atoms with Crippen LogP contribution in [0.1, 0.15) is 43.8 Å². The average molecular weight is 450 g/mol. The van der Waals surface area contributed by atoms with Gasteiger partial charge in [-0.05, 0) is 25.7 Å². The molecule has 2 heterocycles. The molecule has 0 aromatic carbocycles. The molecule has 2 N–H and O–H groups in total. The molecule has 1 aromatic rings. The van der Waals surface area contributed by atoms with Crippen LogP contribution < -0.4 is 10.6 Å². The van der Waals surface area contributed by atoms with Gasteiger partial charge in [0.25, 0.3) is 0 Å². The summed E-state index contributed by atoms with van der Waals surface area (Å²) in [7, 11) is 3.52. The first kappa shape index (κ1) is 21.1. The van der Waals surface area contributed by atoms with Crippen molar-refractivity contribution >= 4 is 29.9 Å². The van der Waals surface area contributed by atoms with Crippen molar-refractivity contribution in [2.75, 3.05) is 33.9 Å². The van der Waals surface area contributed by atoms with Crippen LogP contribution in [-0.2, 0) is 24.1 Å². The lowest BCUT2D eigenvalue weighted by molar-refractivity contribution is 0.195. The number of aliphatic imine (C=N–C) groups is 1. The summed E-state index contributed by atoms with van der Waals surface area (Å²) in [4.78, 5) is 4.22. The Kier molecular flexibility index (Phi) is 11.0. The molecule has 7 nitrogen and oxygen atoms in total. The van der Waals surface area contributed by atoms with Crippen LogP contribution in [0.4, 0.5) is 0 Å². The van der Waals surface area contributed by atoms with Crippen molar-refractivity contribution in [3.8, 4) is 0 Å². The third kappa shape index (κ3) is 6.92. The molecule has 2 rings (SSSR count). The minimum absolute atomic E-state index is 0. The topological polar surface area (TPSA) is 76.4 Å². The summed E-state index contributed by atoms with van der Waals surface area (Å²) in [6, 6.07) is 0. The molecule has 0 bridgehead atoms. The molecule has 0 spiro atoms.